The maximum absolute atomic E-state index is 13.8. The molecule has 1 saturated heterocycles. The lowest BCUT2D eigenvalue weighted by Gasteiger charge is -2.37. The second-order valence-electron chi connectivity index (χ2n) is 9.17. The van der Waals surface area contributed by atoms with E-state index in [-0.39, 0.29) is 6.03 Å². The minimum atomic E-state index is -0.689. The van der Waals surface area contributed by atoms with Gasteiger partial charge in [-0.1, -0.05) is 6.58 Å². The molecule has 9 nitrogen and oxygen atoms in total. The number of urea groups is 1. The van der Waals surface area contributed by atoms with E-state index in [1.807, 2.05) is 28.7 Å². The fraction of sp³-hybridized carbons (Fsp3) is 0.308. The van der Waals surface area contributed by atoms with Crippen molar-refractivity contribution < 1.29 is 18.3 Å². The number of halogens is 2. The van der Waals surface area contributed by atoms with E-state index >= 15 is 0 Å². The van der Waals surface area contributed by atoms with Crippen molar-refractivity contribution >= 4 is 37.3 Å². The summed E-state index contributed by atoms with van der Waals surface area (Å²) in [5, 5.41) is 5.48. The van der Waals surface area contributed by atoms with Gasteiger partial charge < -0.3 is 19.1 Å². The fourth-order valence-corrected chi connectivity index (χ4v) is 4.68. The highest BCUT2D eigenvalue weighted by molar-refractivity contribution is 6.34. The summed E-state index contributed by atoms with van der Waals surface area (Å²) in [7, 11) is 7.78. The van der Waals surface area contributed by atoms with Gasteiger partial charge in [-0.2, -0.15) is 10.1 Å². The number of carbonyl (C=O) groups excluding carboxylic acids is 1. The molecule has 5 rings (SSSR count). The summed E-state index contributed by atoms with van der Waals surface area (Å²) >= 11 is 0. The smallest absolute Gasteiger partial charge is 0.341 e. The maximum atomic E-state index is 13.8. The Morgan fingerprint density at radius 1 is 1.13 bits per heavy atom. The van der Waals surface area contributed by atoms with Gasteiger partial charge in [-0.3, -0.25) is 0 Å². The summed E-state index contributed by atoms with van der Waals surface area (Å²) in [5.41, 5.74) is 2.51. The number of amides is 2. The van der Waals surface area contributed by atoms with Gasteiger partial charge in [-0.05, 0) is 36.1 Å². The molecular formula is C26H26BF2N7O2. The van der Waals surface area contributed by atoms with Crippen molar-refractivity contribution in [2.75, 3.05) is 38.2 Å². The van der Waals surface area contributed by atoms with Gasteiger partial charge in [-0.25, -0.2) is 23.6 Å². The first kappa shape index (κ1) is 25.4. The monoisotopic (exact) mass is 517 g/mol. The van der Waals surface area contributed by atoms with Crippen molar-refractivity contribution in [1.82, 2.24) is 24.4 Å². The number of hydrogen-bond donors (Lipinski definition) is 0. The minimum Gasteiger partial charge on any atom is -0.497 e. The van der Waals surface area contributed by atoms with E-state index in [9.17, 15) is 13.6 Å². The number of hydrazone groups is 1. The van der Waals surface area contributed by atoms with Crippen molar-refractivity contribution in [1.29, 1.82) is 0 Å². The number of aromatic nitrogens is 3. The number of aryl methyl sites for hydroxylation is 1. The molecule has 1 atom stereocenters. The number of rotatable bonds is 5. The third-order valence-corrected chi connectivity index (χ3v) is 6.72. The van der Waals surface area contributed by atoms with Crippen LogP contribution in [0.4, 0.5) is 19.5 Å². The van der Waals surface area contributed by atoms with Crippen molar-refractivity contribution in [2.24, 2.45) is 5.10 Å². The number of anilines is 1. The molecule has 2 amide bonds. The molecule has 1 unspecified atom stereocenters. The van der Waals surface area contributed by atoms with Crippen LogP contribution in [0.3, 0.4) is 0 Å². The van der Waals surface area contributed by atoms with Crippen LogP contribution in [0.2, 0.25) is 0 Å². The second kappa shape index (κ2) is 10.3. The summed E-state index contributed by atoms with van der Waals surface area (Å²) in [6.45, 7) is 7.61. The molecule has 1 fully saturated rings. The number of hydrogen-bond acceptors (Lipinski definition) is 6. The lowest BCUT2D eigenvalue weighted by molar-refractivity contribution is 0.139. The van der Waals surface area contributed by atoms with Crippen LogP contribution in [0, 0.1) is 18.6 Å². The Labute approximate surface area is 220 Å². The van der Waals surface area contributed by atoms with E-state index < -0.39 is 17.7 Å². The molecule has 38 heavy (non-hydrogen) atoms. The van der Waals surface area contributed by atoms with Gasteiger partial charge in [0.1, 0.15) is 31.1 Å². The summed E-state index contributed by atoms with van der Waals surface area (Å²) in [6, 6.07) is 4.33. The Hall–Kier alpha value is -4.22. The molecule has 0 spiro atoms. The lowest BCUT2D eigenvalue weighted by atomic mass is 9.99. The lowest BCUT2D eigenvalue weighted by Crippen LogP contribution is -2.52. The first-order chi connectivity index (χ1) is 18.2. The quantitative estimate of drug-likeness (QED) is 0.384. The van der Waals surface area contributed by atoms with Crippen LogP contribution in [-0.4, -0.2) is 77.8 Å². The standard InChI is InChI=1S/C26H26BF2N7O2/c1-16-10-19(17(2)38-3)15-35(16)24-22(27)14-30-25(32-24)33-6-8-34(9-7-33)26(37)36-23(4-5-31-36)18-11-20(28)13-21(29)12-18/h5,10-15,23H,2,4,6-9H2,1,3H3. The van der Waals surface area contributed by atoms with Crippen LogP contribution in [-0.2, 0) is 4.74 Å². The van der Waals surface area contributed by atoms with Crippen LogP contribution in [0.5, 0.6) is 0 Å². The Morgan fingerprint density at radius 3 is 2.53 bits per heavy atom. The Morgan fingerprint density at radius 2 is 1.84 bits per heavy atom. The molecule has 0 bridgehead atoms. The SMILES string of the molecule is [B]c1cnc(N2CCN(C(=O)N3N=CCC3c3cc(F)cc(F)c3)CC2)nc1-n1cc(C(=C)OC)cc1C. The Kier molecular flexibility index (Phi) is 6.88. The number of carbonyl (C=O) groups is 1. The predicted octanol–water partition coefficient (Wildman–Crippen LogP) is 2.94. The van der Waals surface area contributed by atoms with Crippen LogP contribution in [0.25, 0.3) is 11.6 Å². The van der Waals surface area contributed by atoms with Gasteiger partial charge in [0.25, 0.3) is 0 Å². The van der Waals surface area contributed by atoms with E-state index in [1.165, 1.54) is 17.1 Å². The highest BCUT2D eigenvalue weighted by Crippen LogP contribution is 2.30. The molecular weight excluding hydrogens is 491 g/mol. The second-order valence-corrected chi connectivity index (χ2v) is 9.17. The molecule has 2 radical (unpaired) electrons. The molecule has 1 aromatic carbocycles. The molecule has 0 saturated carbocycles. The van der Waals surface area contributed by atoms with Crippen molar-refractivity contribution in [3.8, 4) is 5.82 Å². The van der Waals surface area contributed by atoms with Crippen LogP contribution >= 0.6 is 0 Å². The third kappa shape index (κ3) is 4.85. The summed E-state index contributed by atoms with van der Waals surface area (Å²) < 4.78 is 34.7. The number of methoxy groups -OCH3 is 1. The zero-order valence-electron chi connectivity index (χ0n) is 21.1. The zero-order chi connectivity index (χ0) is 27.0. The van der Waals surface area contributed by atoms with Crippen molar-refractivity contribution in [3.05, 3.63) is 71.7 Å². The summed E-state index contributed by atoms with van der Waals surface area (Å²) in [5.74, 6) is 0.190. The highest BCUT2D eigenvalue weighted by atomic mass is 19.1. The molecule has 3 aromatic rings. The number of nitrogens with zero attached hydrogens (tertiary/aromatic N) is 7. The normalized spacial score (nSPS) is 17.3. The number of ether oxygens (including phenoxy) is 1. The number of piperazine rings is 1. The van der Waals surface area contributed by atoms with E-state index in [4.69, 9.17) is 17.6 Å². The van der Waals surface area contributed by atoms with Gasteiger partial charge in [0.15, 0.2) is 0 Å². The third-order valence-electron chi connectivity index (χ3n) is 6.72. The van der Waals surface area contributed by atoms with Crippen LogP contribution < -0.4 is 10.4 Å². The fourth-order valence-electron chi connectivity index (χ4n) is 4.68. The van der Waals surface area contributed by atoms with Gasteiger partial charge in [0, 0.05) is 68.5 Å². The largest absolute Gasteiger partial charge is 0.497 e. The highest BCUT2D eigenvalue weighted by Gasteiger charge is 2.34. The summed E-state index contributed by atoms with van der Waals surface area (Å²) in [6.07, 6.45) is 5.40. The van der Waals surface area contributed by atoms with E-state index in [2.05, 4.69) is 16.7 Å². The average Bonchev–Trinajstić information content (AvgIpc) is 3.55. The van der Waals surface area contributed by atoms with Crippen LogP contribution in [0.15, 0.2) is 48.3 Å². The van der Waals surface area contributed by atoms with Crippen LogP contribution in [0.1, 0.15) is 29.3 Å². The molecule has 4 heterocycles. The summed E-state index contributed by atoms with van der Waals surface area (Å²) in [4.78, 5) is 26.0. The maximum Gasteiger partial charge on any atom is 0.341 e. The van der Waals surface area contributed by atoms with E-state index in [0.717, 1.165) is 17.3 Å². The van der Waals surface area contributed by atoms with E-state index in [1.54, 1.807) is 24.4 Å². The first-order valence-corrected chi connectivity index (χ1v) is 12.1. The van der Waals surface area contributed by atoms with Gasteiger partial charge >= 0.3 is 6.03 Å². The van der Waals surface area contributed by atoms with Gasteiger partial charge in [0.05, 0.1) is 13.2 Å². The molecule has 2 aliphatic heterocycles. The molecule has 194 valence electrons. The molecule has 0 aliphatic carbocycles. The minimum absolute atomic E-state index is 0.319. The van der Waals surface area contributed by atoms with Gasteiger partial charge in [-0.15, -0.1) is 0 Å². The van der Waals surface area contributed by atoms with Crippen molar-refractivity contribution in [3.63, 3.8) is 0 Å². The molecule has 2 aliphatic rings. The van der Waals surface area contributed by atoms with E-state index in [0.29, 0.717) is 61.2 Å². The van der Waals surface area contributed by atoms with Gasteiger partial charge in [0.2, 0.25) is 5.95 Å². The predicted molar refractivity (Wildman–Crippen MR) is 141 cm³/mol. The molecule has 12 heteroatoms. The first-order valence-electron chi connectivity index (χ1n) is 12.1. The Balaban J connectivity index is 1.29. The zero-order valence-corrected chi connectivity index (χ0v) is 21.1. The molecule has 2 aromatic heterocycles. The van der Waals surface area contributed by atoms with Crippen molar-refractivity contribution in [2.45, 2.75) is 19.4 Å². The topological polar surface area (TPSA) is 79.1 Å². The Bertz CT molecular complexity index is 1400. The number of benzene rings is 1. The molecule has 0 N–H and O–H groups in total. The average molecular weight is 517 g/mol.